The van der Waals surface area contributed by atoms with Crippen molar-refractivity contribution in [2.24, 2.45) is 0 Å². The molecule has 1 aromatic rings. The predicted molar refractivity (Wildman–Crippen MR) is 65.5 cm³/mol. The highest BCUT2D eigenvalue weighted by atomic mass is 16.6. The van der Waals surface area contributed by atoms with Gasteiger partial charge < -0.3 is 9.84 Å². The van der Waals surface area contributed by atoms with Crippen molar-refractivity contribution in [2.45, 2.75) is 32.8 Å². The van der Waals surface area contributed by atoms with Gasteiger partial charge in [-0.2, -0.15) is 0 Å². The van der Waals surface area contributed by atoms with E-state index in [-0.39, 0.29) is 18.1 Å². The molecule has 0 fully saturated rings. The van der Waals surface area contributed by atoms with Crippen LogP contribution in [-0.4, -0.2) is 22.7 Å². The maximum atomic E-state index is 11.9. The van der Waals surface area contributed by atoms with Crippen LogP contribution in [0.15, 0.2) is 18.2 Å². The van der Waals surface area contributed by atoms with Crippen molar-refractivity contribution in [2.75, 3.05) is 4.90 Å². The number of nitrogens with zero attached hydrogens (tertiary/aromatic N) is 1. The third kappa shape index (κ3) is 2.30. The van der Waals surface area contributed by atoms with Crippen LogP contribution in [0.4, 0.5) is 10.5 Å². The van der Waals surface area contributed by atoms with Crippen LogP contribution < -0.4 is 4.90 Å². The van der Waals surface area contributed by atoms with Gasteiger partial charge in [0.15, 0.2) is 0 Å². The number of aromatic hydroxyl groups is 1. The van der Waals surface area contributed by atoms with E-state index in [4.69, 9.17) is 4.74 Å². The summed E-state index contributed by atoms with van der Waals surface area (Å²) in [5.41, 5.74) is 0.453. The zero-order chi connectivity index (χ0) is 13.5. The van der Waals surface area contributed by atoms with Crippen molar-refractivity contribution in [3.63, 3.8) is 0 Å². The maximum absolute atomic E-state index is 11.9. The number of fused-ring (bicyclic) bond motifs is 1. The fourth-order valence-corrected chi connectivity index (χ4v) is 1.82. The monoisotopic (exact) mass is 249 g/mol. The van der Waals surface area contributed by atoms with E-state index in [0.717, 1.165) is 4.90 Å². The second kappa shape index (κ2) is 4.01. The van der Waals surface area contributed by atoms with Crippen molar-refractivity contribution in [1.29, 1.82) is 0 Å². The molecular formula is C13H15NO4. The lowest BCUT2D eigenvalue weighted by Crippen LogP contribution is -2.38. The minimum atomic E-state index is -0.683. The maximum Gasteiger partial charge on any atom is 0.421 e. The Kier molecular flexibility index (Phi) is 2.77. The molecule has 0 spiro atoms. The number of phenols is 1. The second-order valence-corrected chi connectivity index (χ2v) is 5.20. The fourth-order valence-electron chi connectivity index (χ4n) is 1.82. The molecule has 0 saturated carbocycles. The van der Waals surface area contributed by atoms with Crippen LogP contribution in [0.5, 0.6) is 5.75 Å². The van der Waals surface area contributed by atoms with Crippen LogP contribution in [0.3, 0.4) is 0 Å². The van der Waals surface area contributed by atoms with E-state index >= 15 is 0 Å². The van der Waals surface area contributed by atoms with Crippen LogP contribution in [0, 0.1) is 0 Å². The number of carbonyl (C=O) groups is 2. The zero-order valence-electron chi connectivity index (χ0n) is 10.6. The molecule has 1 aliphatic rings. The third-order valence-electron chi connectivity index (χ3n) is 2.47. The van der Waals surface area contributed by atoms with E-state index in [9.17, 15) is 14.7 Å². The molecule has 0 aliphatic carbocycles. The minimum Gasteiger partial charge on any atom is -0.508 e. The number of rotatable bonds is 0. The van der Waals surface area contributed by atoms with Crippen LogP contribution in [0.2, 0.25) is 0 Å². The molecule has 2 amide bonds. The van der Waals surface area contributed by atoms with Crippen molar-refractivity contribution < 1.29 is 19.4 Å². The molecule has 1 N–H and O–H groups in total. The number of ether oxygens (including phenoxy) is 1. The number of hydrogen-bond donors (Lipinski definition) is 1. The molecule has 2 rings (SSSR count). The second-order valence-electron chi connectivity index (χ2n) is 5.20. The number of imide groups is 1. The molecule has 0 aromatic heterocycles. The van der Waals surface area contributed by atoms with Crippen LogP contribution >= 0.6 is 0 Å². The topological polar surface area (TPSA) is 66.8 Å². The molecule has 0 saturated heterocycles. The van der Waals surface area contributed by atoms with Crippen molar-refractivity contribution in [1.82, 2.24) is 0 Å². The van der Waals surface area contributed by atoms with Gasteiger partial charge >= 0.3 is 6.09 Å². The Morgan fingerprint density at radius 2 is 2.06 bits per heavy atom. The third-order valence-corrected chi connectivity index (χ3v) is 2.47. The highest BCUT2D eigenvalue weighted by Gasteiger charge is 2.35. The lowest BCUT2D eigenvalue weighted by atomic mass is 10.1. The molecule has 5 nitrogen and oxygen atoms in total. The van der Waals surface area contributed by atoms with Gasteiger partial charge in [-0.05, 0) is 44.5 Å². The van der Waals surface area contributed by atoms with E-state index in [1.165, 1.54) is 12.1 Å². The highest BCUT2D eigenvalue weighted by Crippen LogP contribution is 2.32. The standard InChI is InChI=1S/C13H15NO4/c1-13(2,3)18-12(17)14-10-5-4-9(15)6-8(10)7-11(14)16/h4-6,15H,7H2,1-3H3. The quantitative estimate of drug-likeness (QED) is 0.765. The minimum absolute atomic E-state index is 0.0765. The Morgan fingerprint density at radius 1 is 1.39 bits per heavy atom. The van der Waals surface area contributed by atoms with Gasteiger partial charge in [-0.25, -0.2) is 9.69 Å². The van der Waals surface area contributed by atoms with Gasteiger partial charge in [0.1, 0.15) is 11.4 Å². The Labute approximate surface area is 105 Å². The summed E-state index contributed by atoms with van der Waals surface area (Å²) in [5.74, 6) is -0.266. The summed E-state index contributed by atoms with van der Waals surface area (Å²) in [5, 5.41) is 9.35. The van der Waals surface area contributed by atoms with Crippen LogP contribution in [0.1, 0.15) is 26.3 Å². The normalized spacial score (nSPS) is 14.6. The smallest absolute Gasteiger partial charge is 0.421 e. The lowest BCUT2D eigenvalue weighted by Gasteiger charge is -2.23. The fraction of sp³-hybridized carbons (Fsp3) is 0.385. The SMILES string of the molecule is CC(C)(C)OC(=O)N1C(=O)Cc2cc(O)ccc21. The van der Waals surface area contributed by atoms with E-state index in [1.807, 2.05) is 0 Å². The summed E-state index contributed by atoms with van der Waals surface area (Å²) >= 11 is 0. The molecule has 0 radical (unpaired) electrons. The van der Waals surface area contributed by atoms with Crippen molar-refractivity contribution >= 4 is 17.7 Å². The molecule has 1 aliphatic heterocycles. The molecule has 0 bridgehead atoms. The molecule has 96 valence electrons. The first-order valence-corrected chi connectivity index (χ1v) is 5.66. The van der Waals surface area contributed by atoms with E-state index in [1.54, 1.807) is 26.8 Å². The molecule has 1 aromatic carbocycles. The summed E-state index contributed by atoms with van der Waals surface area (Å²) in [6, 6.07) is 4.46. The van der Waals surface area contributed by atoms with E-state index in [0.29, 0.717) is 11.3 Å². The van der Waals surface area contributed by atoms with Crippen molar-refractivity contribution in [3.05, 3.63) is 23.8 Å². The Balaban J connectivity index is 2.31. The van der Waals surface area contributed by atoms with E-state index in [2.05, 4.69) is 0 Å². The summed E-state index contributed by atoms with van der Waals surface area (Å²) in [4.78, 5) is 24.8. The highest BCUT2D eigenvalue weighted by molar-refractivity contribution is 6.17. The van der Waals surface area contributed by atoms with Gasteiger partial charge in [0, 0.05) is 0 Å². The molecule has 0 unspecified atom stereocenters. The average molecular weight is 249 g/mol. The van der Waals surface area contributed by atoms with Gasteiger partial charge in [0.05, 0.1) is 12.1 Å². The molecule has 0 atom stereocenters. The summed E-state index contributed by atoms with van der Waals surface area (Å²) < 4.78 is 5.18. The van der Waals surface area contributed by atoms with Crippen LogP contribution in [-0.2, 0) is 16.0 Å². The summed E-state index contributed by atoms with van der Waals surface area (Å²) in [7, 11) is 0. The number of hydrogen-bond acceptors (Lipinski definition) is 4. The predicted octanol–water partition coefficient (Wildman–Crippen LogP) is 2.22. The van der Waals surface area contributed by atoms with E-state index < -0.39 is 11.7 Å². The number of amides is 2. The van der Waals surface area contributed by atoms with Crippen molar-refractivity contribution in [3.8, 4) is 5.75 Å². The first-order chi connectivity index (χ1) is 8.28. The Bertz CT molecular complexity index is 516. The molecular weight excluding hydrogens is 234 g/mol. The largest absolute Gasteiger partial charge is 0.508 e. The molecule has 18 heavy (non-hydrogen) atoms. The van der Waals surface area contributed by atoms with Gasteiger partial charge in [0.2, 0.25) is 5.91 Å². The summed E-state index contributed by atoms with van der Waals surface area (Å²) in [6.07, 6.45) is -0.583. The number of carbonyl (C=O) groups excluding carboxylic acids is 2. The van der Waals surface area contributed by atoms with Crippen LogP contribution in [0.25, 0.3) is 0 Å². The number of phenolic OH excluding ortho intramolecular Hbond substituents is 1. The number of benzene rings is 1. The first-order valence-electron chi connectivity index (χ1n) is 5.66. The van der Waals surface area contributed by atoms with Gasteiger partial charge in [-0.1, -0.05) is 0 Å². The number of anilines is 1. The zero-order valence-corrected chi connectivity index (χ0v) is 10.6. The van der Waals surface area contributed by atoms with Gasteiger partial charge in [-0.15, -0.1) is 0 Å². The first kappa shape index (κ1) is 12.4. The average Bonchev–Trinajstić information content (AvgIpc) is 2.50. The summed E-state index contributed by atoms with van der Waals surface area (Å²) in [6.45, 7) is 5.22. The molecule has 1 heterocycles. The van der Waals surface area contributed by atoms with Gasteiger partial charge in [-0.3, -0.25) is 4.79 Å². The Morgan fingerprint density at radius 3 is 2.67 bits per heavy atom. The van der Waals surface area contributed by atoms with Gasteiger partial charge in [0.25, 0.3) is 0 Å². The lowest BCUT2D eigenvalue weighted by molar-refractivity contribution is -0.117. The molecule has 5 heteroatoms. The Hall–Kier alpha value is -2.04.